The predicted molar refractivity (Wildman–Crippen MR) is 211 cm³/mol. The minimum Gasteiger partial charge on any atom is -0.449 e. The van der Waals surface area contributed by atoms with E-state index in [4.69, 9.17) is 8.23 Å². The lowest BCUT2D eigenvalue weighted by molar-refractivity contribution is 0.573. The zero-order valence-corrected chi connectivity index (χ0v) is 32.1. The van der Waals surface area contributed by atoms with Gasteiger partial charge in [-0.05, 0) is 138 Å². The summed E-state index contributed by atoms with van der Waals surface area (Å²) in [6.07, 6.45) is 0. The Morgan fingerprint density at radius 3 is 0.696 bits per heavy atom. The van der Waals surface area contributed by atoms with Gasteiger partial charge in [0.1, 0.15) is 0 Å². The van der Waals surface area contributed by atoms with Crippen LogP contribution < -0.4 is 20.7 Å². The lowest BCUT2D eigenvalue weighted by Crippen LogP contribution is -2.58. The van der Waals surface area contributed by atoms with E-state index in [1.165, 1.54) is 85.4 Å². The molecule has 0 N–H and O–H groups in total. The summed E-state index contributed by atoms with van der Waals surface area (Å²) in [7, 11) is -9.48. The van der Waals surface area contributed by atoms with Gasteiger partial charge in [-0.1, -0.05) is 97.1 Å². The molecule has 1 aliphatic rings. The van der Waals surface area contributed by atoms with Crippen LogP contribution in [0.5, 0.6) is 0 Å². The zero-order valence-electron chi connectivity index (χ0n) is 28.1. The topological polar surface area (TPSA) is 18.5 Å². The first kappa shape index (κ1) is 28.8. The van der Waals surface area contributed by atoms with E-state index in [0.29, 0.717) is 0 Å². The maximum absolute atomic E-state index is 7.60. The molecule has 0 spiro atoms. The van der Waals surface area contributed by atoms with Gasteiger partial charge in [0.15, 0.2) is 0 Å². The van der Waals surface area contributed by atoms with Crippen LogP contribution in [0.2, 0.25) is 52.4 Å². The van der Waals surface area contributed by atoms with Gasteiger partial charge in [-0.25, -0.2) is 0 Å². The Labute approximate surface area is 275 Å². The van der Waals surface area contributed by atoms with Crippen molar-refractivity contribution in [1.82, 2.24) is 0 Å². The van der Waals surface area contributed by atoms with Crippen LogP contribution in [0.15, 0.2) is 97.1 Å². The van der Waals surface area contributed by atoms with Crippen molar-refractivity contribution in [3.63, 3.8) is 0 Å². The standard InChI is InChI=1S/C40H40O2Si4/c1-43(2)33-21-13-25-10-19-31-35(23-15-26-9-17-29(33)37(25)38(26)31)45(5,6)42-46(7,8)36-24-16-28-11-18-30-34(44(3,4)41-43)22-14-27-12-20-32(36)40(28)39(27)30/h9-24H,1-8H3. The first-order valence-corrected chi connectivity index (χ1v) is 28.2. The van der Waals surface area contributed by atoms with Crippen LogP contribution in [0, 0.1) is 0 Å². The first-order chi connectivity index (χ1) is 21.8. The molecule has 0 fully saturated rings. The van der Waals surface area contributed by atoms with E-state index >= 15 is 0 Å². The lowest BCUT2D eigenvalue weighted by Gasteiger charge is -2.37. The SMILES string of the molecule is C[Si]1(C)O[Si](C)(C)c2ccc3ccc4c(ccc5ccc2c3c54)[Si](C)(C)O[Si](C)(C)c2ccc3ccc4c1ccc1ccc2c3c14. The molecule has 0 saturated heterocycles. The van der Waals surface area contributed by atoms with E-state index in [1.54, 1.807) is 0 Å². The molecule has 1 aliphatic heterocycles. The predicted octanol–water partition coefficient (Wildman–Crippen LogP) is 8.88. The summed E-state index contributed by atoms with van der Waals surface area (Å²) in [6, 6.07) is 37.7. The van der Waals surface area contributed by atoms with E-state index in [1.807, 2.05) is 0 Å². The summed E-state index contributed by atoms with van der Waals surface area (Å²) in [5.74, 6) is 0. The molecule has 8 aromatic carbocycles. The molecule has 6 heteroatoms. The van der Waals surface area contributed by atoms with Gasteiger partial charge in [0.2, 0.25) is 33.3 Å². The van der Waals surface area contributed by atoms with E-state index in [0.717, 1.165) is 0 Å². The number of hydrogen-bond acceptors (Lipinski definition) is 2. The van der Waals surface area contributed by atoms with Crippen LogP contribution in [0.4, 0.5) is 0 Å². The third-order valence-corrected chi connectivity index (χ3v) is 26.0. The summed E-state index contributed by atoms with van der Waals surface area (Å²) in [5.41, 5.74) is 0. The molecule has 228 valence electrons. The minimum atomic E-state index is -2.37. The molecule has 2 nitrogen and oxygen atoms in total. The highest BCUT2D eigenvalue weighted by molar-refractivity contribution is 6.99. The van der Waals surface area contributed by atoms with Crippen LogP contribution in [0.1, 0.15) is 0 Å². The molecule has 9 rings (SSSR count). The third kappa shape index (κ3) is 3.86. The van der Waals surface area contributed by atoms with Crippen molar-refractivity contribution in [3.8, 4) is 0 Å². The maximum atomic E-state index is 7.60. The van der Waals surface area contributed by atoms with Gasteiger partial charge in [0, 0.05) is 0 Å². The highest BCUT2D eigenvalue weighted by Gasteiger charge is 2.41. The molecular weight excluding hydrogens is 625 g/mol. The summed E-state index contributed by atoms with van der Waals surface area (Å²) < 4.78 is 15.2. The maximum Gasteiger partial charge on any atom is 0.206 e. The first-order valence-electron chi connectivity index (χ1n) is 16.6. The second-order valence-electron chi connectivity index (χ2n) is 15.5. The fourth-order valence-corrected chi connectivity index (χ4v) is 26.5. The van der Waals surface area contributed by atoms with Gasteiger partial charge in [-0.15, -0.1) is 0 Å². The summed E-state index contributed by atoms with van der Waals surface area (Å²) in [5, 5.41) is 21.7. The quantitative estimate of drug-likeness (QED) is 0.119. The van der Waals surface area contributed by atoms with Gasteiger partial charge in [-0.3, -0.25) is 0 Å². The van der Waals surface area contributed by atoms with Crippen LogP contribution in [0.3, 0.4) is 0 Å². The molecule has 8 aromatic rings. The third-order valence-electron chi connectivity index (χ3n) is 10.9. The molecule has 0 radical (unpaired) electrons. The van der Waals surface area contributed by atoms with Gasteiger partial charge in [0.05, 0.1) is 0 Å². The summed E-state index contributed by atoms with van der Waals surface area (Å²) >= 11 is 0. The van der Waals surface area contributed by atoms with Gasteiger partial charge < -0.3 is 8.23 Å². The van der Waals surface area contributed by atoms with E-state index in [-0.39, 0.29) is 0 Å². The average Bonchev–Trinajstić information content (AvgIpc) is 3.00. The van der Waals surface area contributed by atoms with E-state index < -0.39 is 33.3 Å². The van der Waals surface area contributed by atoms with E-state index in [9.17, 15) is 0 Å². The second-order valence-corrected chi connectivity index (χ2v) is 31.4. The van der Waals surface area contributed by atoms with Gasteiger partial charge in [-0.2, -0.15) is 0 Å². The van der Waals surface area contributed by atoms with Crippen LogP contribution in [-0.2, 0) is 8.23 Å². The van der Waals surface area contributed by atoms with Crippen LogP contribution in [0.25, 0.3) is 64.6 Å². The molecular formula is C40H40O2Si4. The van der Waals surface area contributed by atoms with Crippen molar-refractivity contribution >= 4 is 119 Å². The van der Waals surface area contributed by atoms with Gasteiger partial charge >= 0.3 is 0 Å². The molecule has 0 atom stereocenters. The molecule has 1 heterocycles. The Morgan fingerprint density at radius 1 is 0.283 bits per heavy atom. The number of hydrogen-bond donors (Lipinski definition) is 0. The number of benzene rings is 8. The van der Waals surface area contributed by atoms with Crippen molar-refractivity contribution in [2.75, 3.05) is 0 Å². The Balaban J connectivity index is 1.43. The van der Waals surface area contributed by atoms with Gasteiger partial charge in [0.25, 0.3) is 0 Å². The van der Waals surface area contributed by atoms with Crippen LogP contribution in [-0.4, -0.2) is 33.3 Å². The van der Waals surface area contributed by atoms with Crippen molar-refractivity contribution in [1.29, 1.82) is 0 Å². The molecule has 0 aliphatic carbocycles. The van der Waals surface area contributed by atoms with Crippen LogP contribution >= 0.6 is 0 Å². The monoisotopic (exact) mass is 664 g/mol. The average molecular weight is 665 g/mol. The largest absolute Gasteiger partial charge is 0.449 e. The lowest BCUT2D eigenvalue weighted by atomic mass is 9.94. The Hall–Kier alpha value is -3.37. The number of rotatable bonds is 0. The molecule has 0 amide bonds. The summed E-state index contributed by atoms with van der Waals surface area (Å²) in [6.45, 7) is 19.3. The fourth-order valence-electron chi connectivity index (χ4n) is 9.20. The highest BCUT2D eigenvalue weighted by atomic mass is 28.4. The second kappa shape index (κ2) is 9.16. The highest BCUT2D eigenvalue weighted by Crippen LogP contribution is 2.38. The Bertz CT molecular complexity index is 2190. The zero-order chi connectivity index (χ0) is 32.0. The molecule has 0 aromatic heterocycles. The van der Waals surface area contributed by atoms with Crippen molar-refractivity contribution in [3.05, 3.63) is 97.1 Å². The molecule has 0 saturated carbocycles. The van der Waals surface area contributed by atoms with E-state index in [2.05, 4.69) is 149 Å². The van der Waals surface area contributed by atoms with Crippen molar-refractivity contribution in [2.45, 2.75) is 52.4 Å². The normalized spacial score (nSPS) is 19.0. The van der Waals surface area contributed by atoms with Crippen molar-refractivity contribution in [2.24, 2.45) is 0 Å². The summed E-state index contributed by atoms with van der Waals surface area (Å²) in [4.78, 5) is 0. The Kier molecular flexibility index (Phi) is 5.74. The minimum absolute atomic E-state index is 1.31. The smallest absolute Gasteiger partial charge is 0.206 e. The molecule has 12 bridgehead atoms. The van der Waals surface area contributed by atoms with Crippen molar-refractivity contribution < 1.29 is 8.23 Å². The molecule has 0 unspecified atom stereocenters. The fraction of sp³-hybridized carbons (Fsp3) is 0.200. The Morgan fingerprint density at radius 2 is 0.478 bits per heavy atom. The molecule has 46 heavy (non-hydrogen) atoms.